The van der Waals surface area contributed by atoms with Gasteiger partial charge in [-0.05, 0) is 6.42 Å². The minimum Gasteiger partial charge on any atom is -0.481 e. The number of carbonyl (C=O) groups is 1. The second-order valence-electron chi connectivity index (χ2n) is 4.75. The van der Waals surface area contributed by atoms with Crippen LogP contribution in [0.2, 0.25) is 0 Å². The van der Waals surface area contributed by atoms with Crippen LogP contribution in [0, 0.1) is 0 Å². The van der Waals surface area contributed by atoms with Gasteiger partial charge >= 0.3 is 5.97 Å². The molecule has 100 valence electrons. The number of hydrogen-bond acceptors (Lipinski definition) is 3. The van der Waals surface area contributed by atoms with Gasteiger partial charge in [-0.15, -0.1) is 0 Å². The van der Waals surface area contributed by atoms with Crippen LogP contribution in [0.1, 0.15) is 45.4 Å². The Morgan fingerprint density at radius 1 is 1.29 bits per heavy atom. The monoisotopic (exact) mass is 243 g/mol. The third kappa shape index (κ3) is 6.03. The molecule has 4 nitrogen and oxygen atoms in total. The van der Waals surface area contributed by atoms with E-state index >= 15 is 0 Å². The quantitative estimate of drug-likeness (QED) is 0.663. The van der Waals surface area contributed by atoms with Crippen LogP contribution in [0.25, 0.3) is 0 Å². The molecule has 0 bridgehead atoms. The van der Waals surface area contributed by atoms with Crippen LogP contribution in [0.3, 0.4) is 0 Å². The highest BCUT2D eigenvalue weighted by Crippen LogP contribution is 2.15. The van der Waals surface area contributed by atoms with E-state index in [0.29, 0.717) is 0 Å². The molecule has 1 unspecified atom stereocenters. The van der Waals surface area contributed by atoms with Gasteiger partial charge in [0.25, 0.3) is 0 Å². The number of carboxylic acid groups (broad SMARTS) is 1. The third-order valence-electron chi connectivity index (χ3n) is 3.36. The Morgan fingerprint density at radius 2 is 2.00 bits per heavy atom. The Labute approximate surface area is 104 Å². The van der Waals surface area contributed by atoms with Crippen molar-refractivity contribution in [2.45, 2.75) is 51.5 Å². The minimum absolute atomic E-state index is 0.202. The highest BCUT2D eigenvalue weighted by molar-refractivity contribution is 5.67. The Hall–Kier alpha value is -0.610. The van der Waals surface area contributed by atoms with E-state index in [-0.39, 0.29) is 12.5 Å². The first-order chi connectivity index (χ1) is 8.24. The van der Waals surface area contributed by atoms with E-state index in [4.69, 9.17) is 9.84 Å². The number of ether oxygens (including phenoxy) is 1. The van der Waals surface area contributed by atoms with Crippen LogP contribution >= 0.6 is 0 Å². The lowest BCUT2D eigenvalue weighted by molar-refractivity contribution is -0.139. The number of nitrogens with zero attached hydrogens (tertiary/aromatic N) is 1. The smallest absolute Gasteiger partial charge is 0.304 e. The summed E-state index contributed by atoms with van der Waals surface area (Å²) in [4.78, 5) is 13.2. The number of unbranched alkanes of at least 4 members (excludes halogenated alkanes) is 3. The summed E-state index contributed by atoms with van der Waals surface area (Å²) in [5.41, 5.74) is 0. The van der Waals surface area contributed by atoms with Crippen molar-refractivity contribution in [3.8, 4) is 0 Å². The average Bonchev–Trinajstić information content (AvgIpc) is 2.34. The van der Waals surface area contributed by atoms with Crippen LogP contribution in [0.4, 0.5) is 0 Å². The van der Waals surface area contributed by atoms with E-state index in [1.54, 1.807) is 0 Å². The van der Waals surface area contributed by atoms with Crippen molar-refractivity contribution in [3.05, 3.63) is 0 Å². The van der Waals surface area contributed by atoms with Gasteiger partial charge in [0.2, 0.25) is 0 Å². The summed E-state index contributed by atoms with van der Waals surface area (Å²) in [6, 6.07) is 0.202. The Morgan fingerprint density at radius 3 is 2.59 bits per heavy atom. The number of carboxylic acids is 1. The van der Waals surface area contributed by atoms with Gasteiger partial charge in [-0.2, -0.15) is 0 Å². The first kappa shape index (κ1) is 14.5. The molecule has 1 rings (SSSR count). The van der Waals surface area contributed by atoms with Gasteiger partial charge in [-0.3, -0.25) is 9.69 Å². The van der Waals surface area contributed by atoms with Gasteiger partial charge < -0.3 is 9.84 Å². The van der Waals surface area contributed by atoms with Crippen molar-refractivity contribution in [1.29, 1.82) is 0 Å². The van der Waals surface area contributed by atoms with Gasteiger partial charge in [0.05, 0.1) is 19.6 Å². The standard InChI is InChI=1S/C13H25NO3/c1-2-3-4-5-6-12(11-13(15)16)14-7-9-17-10-8-14/h12H,2-11H2,1H3,(H,15,16). The van der Waals surface area contributed by atoms with Gasteiger partial charge in [0.15, 0.2) is 0 Å². The lowest BCUT2D eigenvalue weighted by atomic mass is 10.0. The summed E-state index contributed by atoms with van der Waals surface area (Å²) >= 11 is 0. The maximum atomic E-state index is 10.9. The maximum absolute atomic E-state index is 10.9. The van der Waals surface area contributed by atoms with Crippen molar-refractivity contribution in [2.75, 3.05) is 26.3 Å². The highest BCUT2D eigenvalue weighted by atomic mass is 16.5. The van der Waals surface area contributed by atoms with Crippen molar-refractivity contribution in [2.24, 2.45) is 0 Å². The molecule has 1 heterocycles. The van der Waals surface area contributed by atoms with E-state index in [2.05, 4.69) is 11.8 Å². The van der Waals surface area contributed by atoms with Crippen LogP contribution in [-0.2, 0) is 9.53 Å². The molecule has 1 atom stereocenters. The number of morpholine rings is 1. The van der Waals surface area contributed by atoms with Crippen molar-refractivity contribution in [3.63, 3.8) is 0 Å². The summed E-state index contributed by atoms with van der Waals surface area (Å²) in [7, 11) is 0. The second-order valence-corrected chi connectivity index (χ2v) is 4.75. The van der Waals surface area contributed by atoms with Crippen LogP contribution in [0.15, 0.2) is 0 Å². The summed E-state index contributed by atoms with van der Waals surface area (Å²) in [6.45, 7) is 5.43. The zero-order valence-electron chi connectivity index (χ0n) is 10.9. The largest absolute Gasteiger partial charge is 0.481 e. The fraction of sp³-hybridized carbons (Fsp3) is 0.923. The zero-order valence-corrected chi connectivity index (χ0v) is 10.9. The molecule has 0 saturated carbocycles. The highest BCUT2D eigenvalue weighted by Gasteiger charge is 2.22. The molecule has 1 fully saturated rings. The number of aliphatic carboxylic acids is 1. The zero-order chi connectivity index (χ0) is 12.5. The molecule has 1 N–H and O–H groups in total. The molecular formula is C13H25NO3. The predicted octanol–water partition coefficient (Wildman–Crippen LogP) is 2.13. The summed E-state index contributed by atoms with van der Waals surface area (Å²) in [6.07, 6.45) is 6.11. The lowest BCUT2D eigenvalue weighted by Gasteiger charge is -2.33. The summed E-state index contributed by atoms with van der Waals surface area (Å²) < 4.78 is 5.31. The fourth-order valence-electron chi connectivity index (χ4n) is 2.36. The first-order valence-electron chi connectivity index (χ1n) is 6.77. The van der Waals surface area contributed by atoms with E-state index in [9.17, 15) is 4.79 Å². The predicted molar refractivity (Wildman–Crippen MR) is 67.2 cm³/mol. The van der Waals surface area contributed by atoms with Crippen molar-refractivity contribution >= 4 is 5.97 Å². The summed E-state index contributed by atoms with van der Waals surface area (Å²) in [5, 5.41) is 8.96. The Bertz CT molecular complexity index is 215. The van der Waals surface area contributed by atoms with E-state index in [1.165, 1.54) is 19.3 Å². The van der Waals surface area contributed by atoms with Crippen molar-refractivity contribution < 1.29 is 14.6 Å². The normalized spacial score (nSPS) is 19.1. The molecule has 1 saturated heterocycles. The molecule has 0 spiro atoms. The number of rotatable bonds is 8. The molecule has 0 aromatic heterocycles. The SMILES string of the molecule is CCCCCCC(CC(=O)O)N1CCOCC1. The first-order valence-corrected chi connectivity index (χ1v) is 6.77. The molecule has 17 heavy (non-hydrogen) atoms. The molecule has 1 aliphatic rings. The average molecular weight is 243 g/mol. The van der Waals surface area contributed by atoms with Crippen LogP contribution < -0.4 is 0 Å². The molecular weight excluding hydrogens is 218 g/mol. The second kappa shape index (κ2) is 8.48. The van der Waals surface area contributed by atoms with Gasteiger partial charge in [0, 0.05) is 19.1 Å². The lowest BCUT2D eigenvalue weighted by Crippen LogP contribution is -2.44. The maximum Gasteiger partial charge on any atom is 0.304 e. The van der Waals surface area contributed by atoms with Gasteiger partial charge in [-0.25, -0.2) is 0 Å². The Balaban J connectivity index is 2.33. The molecule has 4 heteroatoms. The summed E-state index contributed by atoms with van der Waals surface area (Å²) in [5.74, 6) is -0.683. The third-order valence-corrected chi connectivity index (χ3v) is 3.36. The number of hydrogen-bond donors (Lipinski definition) is 1. The van der Waals surface area contributed by atoms with Crippen molar-refractivity contribution in [1.82, 2.24) is 4.90 Å². The van der Waals surface area contributed by atoms with E-state index < -0.39 is 5.97 Å². The van der Waals surface area contributed by atoms with Gasteiger partial charge in [-0.1, -0.05) is 32.6 Å². The molecule has 0 aliphatic carbocycles. The molecule has 0 aromatic rings. The van der Waals surface area contributed by atoms with Crippen LogP contribution in [-0.4, -0.2) is 48.3 Å². The van der Waals surface area contributed by atoms with E-state index in [0.717, 1.165) is 39.1 Å². The molecule has 0 radical (unpaired) electrons. The van der Waals surface area contributed by atoms with E-state index in [1.807, 2.05) is 0 Å². The van der Waals surface area contributed by atoms with Gasteiger partial charge in [0.1, 0.15) is 0 Å². The topological polar surface area (TPSA) is 49.8 Å². The molecule has 1 aliphatic heterocycles. The molecule has 0 aromatic carbocycles. The van der Waals surface area contributed by atoms with Crippen LogP contribution in [0.5, 0.6) is 0 Å². The molecule has 0 amide bonds. The fourth-order valence-corrected chi connectivity index (χ4v) is 2.36. The minimum atomic E-state index is -0.683. The Kier molecular flexibility index (Phi) is 7.21.